The SMILES string of the molecule is C=CC(=O)O.C=CC(=O)O.C=CC(=O)O.C=CC(=O)O.CC(C)C. The highest BCUT2D eigenvalue weighted by atomic mass is 16.4. The summed E-state index contributed by atoms with van der Waals surface area (Å²) < 4.78 is 0. The Kier molecular flexibility index (Phi) is 38.2. The predicted molar refractivity (Wildman–Crippen MR) is 91.8 cm³/mol. The van der Waals surface area contributed by atoms with Gasteiger partial charge in [0.15, 0.2) is 0 Å². The topological polar surface area (TPSA) is 149 Å². The first-order chi connectivity index (χ1) is 10.8. The molecule has 0 aromatic heterocycles. The third kappa shape index (κ3) is 256. The van der Waals surface area contributed by atoms with Crippen LogP contribution in [0.4, 0.5) is 0 Å². The summed E-state index contributed by atoms with van der Waals surface area (Å²) in [6.07, 6.45) is 3.33. The van der Waals surface area contributed by atoms with Crippen molar-refractivity contribution in [3.8, 4) is 0 Å². The molecule has 0 atom stereocenters. The van der Waals surface area contributed by atoms with Crippen molar-refractivity contribution in [1.29, 1.82) is 0 Å². The summed E-state index contributed by atoms with van der Waals surface area (Å²) in [6.45, 7) is 18.3. The first kappa shape index (κ1) is 32.7. The lowest BCUT2D eigenvalue weighted by Crippen LogP contribution is -1.82. The zero-order valence-corrected chi connectivity index (χ0v) is 14.1. The molecule has 138 valence electrons. The van der Waals surface area contributed by atoms with E-state index in [2.05, 4.69) is 47.1 Å². The fourth-order valence-electron chi connectivity index (χ4n) is 0. The number of carboxylic acid groups (broad SMARTS) is 4. The molecule has 0 aliphatic heterocycles. The van der Waals surface area contributed by atoms with Crippen molar-refractivity contribution in [2.75, 3.05) is 0 Å². The van der Waals surface area contributed by atoms with E-state index < -0.39 is 23.9 Å². The monoisotopic (exact) mass is 346 g/mol. The third-order valence-corrected chi connectivity index (χ3v) is 0.698. The van der Waals surface area contributed by atoms with Gasteiger partial charge in [-0.3, -0.25) is 0 Å². The van der Waals surface area contributed by atoms with Gasteiger partial charge >= 0.3 is 23.9 Å². The lowest BCUT2D eigenvalue weighted by molar-refractivity contribution is -0.132. The van der Waals surface area contributed by atoms with Gasteiger partial charge < -0.3 is 20.4 Å². The van der Waals surface area contributed by atoms with Crippen molar-refractivity contribution in [2.45, 2.75) is 20.8 Å². The van der Waals surface area contributed by atoms with E-state index in [1.165, 1.54) is 0 Å². The summed E-state index contributed by atoms with van der Waals surface area (Å²) in [5.41, 5.74) is 0. The molecule has 0 bridgehead atoms. The van der Waals surface area contributed by atoms with Crippen LogP contribution in [0.3, 0.4) is 0 Å². The Hall–Kier alpha value is -3.16. The van der Waals surface area contributed by atoms with Crippen LogP contribution >= 0.6 is 0 Å². The quantitative estimate of drug-likeness (QED) is 0.567. The van der Waals surface area contributed by atoms with Crippen LogP contribution < -0.4 is 0 Å². The Balaban J connectivity index is -0.0000000628. The van der Waals surface area contributed by atoms with Gasteiger partial charge in [0, 0.05) is 24.3 Å². The third-order valence-electron chi connectivity index (χ3n) is 0.698. The summed E-state index contributed by atoms with van der Waals surface area (Å²) in [4.78, 5) is 37.0. The maximum Gasteiger partial charge on any atom is 0.327 e. The van der Waals surface area contributed by atoms with E-state index in [4.69, 9.17) is 20.4 Å². The molecule has 0 saturated carbocycles. The number of carbonyl (C=O) groups is 4. The van der Waals surface area contributed by atoms with Gasteiger partial charge in [0.1, 0.15) is 0 Å². The molecular weight excluding hydrogens is 320 g/mol. The zero-order chi connectivity index (χ0) is 20.7. The summed E-state index contributed by atoms with van der Waals surface area (Å²) in [5.74, 6) is -3.09. The molecule has 0 saturated heterocycles. The van der Waals surface area contributed by atoms with Crippen LogP contribution in [0, 0.1) is 5.92 Å². The molecule has 0 spiro atoms. The summed E-state index contributed by atoms with van der Waals surface area (Å²) >= 11 is 0. The van der Waals surface area contributed by atoms with Gasteiger partial charge in [0.2, 0.25) is 0 Å². The minimum Gasteiger partial charge on any atom is -0.478 e. The molecule has 0 aliphatic rings. The fraction of sp³-hybridized carbons (Fsp3) is 0.250. The van der Waals surface area contributed by atoms with Crippen molar-refractivity contribution >= 4 is 23.9 Å². The van der Waals surface area contributed by atoms with Gasteiger partial charge in [-0.05, 0) is 5.92 Å². The lowest BCUT2D eigenvalue weighted by Gasteiger charge is -1.79. The van der Waals surface area contributed by atoms with E-state index >= 15 is 0 Å². The van der Waals surface area contributed by atoms with Gasteiger partial charge in [0.25, 0.3) is 0 Å². The largest absolute Gasteiger partial charge is 0.478 e. The Bertz CT molecular complexity index is 334. The van der Waals surface area contributed by atoms with E-state index in [0.29, 0.717) is 0 Å². The first-order valence-electron chi connectivity index (χ1n) is 6.23. The Morgan fingerprint density at radius 3 is 0.625 bits per heavy atom. The summed E-state index contributed by atoms with van der Waals surface area (Å²) in [5, 5.41) is 30.4. The molecule has 4 N–H and O–H groups in total. The van der Waals surface area contributed by atoms with Crippen LogP contribution in [0.15, 0.2) is 50.6 Å². The second kappa shape index (κ2) is 28.1. The molecule has 0 unspecified atom stereocenters. The van der Waals surface area contributed by atoms with Crippen molar-refractivity contribution in [2.24, 2.45) is 5.92 Å². The molecule has 0 aromatic carbocycles. The zero-order valence-electron chi connectivity index (χ0n) is 14.1. The summed E-state index contributed by atoms with van der Waals surface area (Å²) in [7, 11) is 0. The minimum atomic E-state index is -0.981. The number of hydrogen-bond acceptors (Lipinski definition) is 4. The van der Waals surface area contributed by atoms with E-state index in [1.54, 1.807) is 0 Å². The lowest BCUT2D eigenvalue weighted by atomic mass is 10.3. The molecule has 0 heterocycles. The van der Waals surface area contributed by atoms with Crippen LogP contribution in [0.1, 0.15) is 20.8 Å². The second-order valence-electron chi connectivity index (χ2n) is 3.90. The normalized spacial score (nSPS) is 6.83. The maximum atomic E-state index is 9.25. The van der Waals surface area contributed by atoms with Crippen LogP contribution in [0.2, 0.25) is 0 Å². The maximum absolute atomic E-state index is 9.25. The molecular formula is C16H26O8. The highest BCUT2D eigenvalue weighted by molar-refractivity contribution is 5.79. The Morgan fingerprint density at radius 1 is 0.583 bits per heavy atom. The molecule has 8 heteroatoms. The average Bonchev–Trinajstić information content (AvgIpc) is 2.48. The fourth-order valence-corrected chi connectivity index (χ4v) is 0. The van der Waals surface area contributed by atoms with Crippen molar-refractivity contribution < 1.29 is 39.6 Å². The van der Waals surface area contributed by atoms with Crippen LogP contribution in [0.25, 0.3) is 0 Å². The minimum absolute atomic E-state index is 0.833. The molecule has 0 radical (unpaired) electrons. The molecule has 0 aliphatic carbocycles. The van der Waals surface area contributed by atoms with Crippen molar-refractivity contribution in [1.82, 2.24) is 0 Å². The van der Waals surface area contributed by atoms with Crippen molar-refractivity contribution in [3.05, 3.63) is 50.6 Å². The Labute approximate surface area is 141 Å². The van der Waals surface area contributed by atoms with E-state index in [0.717, 1.165) is 30.2 Å². The van der Waals surface area contributed by atoms with E-state index in [9.17, 15) is 19.2 Å². The first-order valence-corrected chi connectivity index (χ1v) is 6.23. The van der Waals surface area contributed by atoms with Gasteiger partial charge in [-0.15, -0.1) is 0 Å². The van der Waals surface area contributed by atoms with Crippen molar-refractivity contribution in [3.63, 3.8) is 0 Å². The molecule has 8 nitrogen and oxygen atoms in total. The highest BCUT2D eigenvalue weighted by Gasteiger charge is 1.74. The molecule has 0 rings (SSSR count). The molecule has 0 aromatic rings. The smallest absolute Gasteiger partial charge is 0.327 e. The van der Waals surface area contributed by atoms with Gasteiger partial charge in [-0.2, -0.15) is 0 Å². The number of hydrogen-bond donors (Lipinski definition) is 4. The predicted octanol–water partition coefficient (Wildman–Crippen LogP) is 2.69. The van der Waals surface area contributed by atoms with Gasteiger partial charge in [0.05, 0.1) is 0 Å². The average molecular weight is 346 g/mol. The number of aliphatic carboxylic acids is 4. The standard InChI is InChI=1S/C4H10.4C3H4O2/c1-4(2)3;4*1-2-3(4)5/h4H,1-3H3;4*2H,1H2,(H,4,5). The highest BCUT2D eigenvalue weighted by Crippen LogP contribution is 1.81. The number of rotatable bonds is 4. The molecule has 0 fully saturated rings. The summed E-state index contributed by atoms with van der Waals surface area (Å²) in [6, 6.07) is 0. The van der Waals surface area contributed by atoms with Crippen LogP contribution in [0.5, 0.6) is 0 Å². The van der Waals surface area contributed by atoms with Gasteiger partial charge in [-0.1, -0.05) is 47.1 Å². The number of carboxylic acids is 4. The molecule has 0 amide bonds. The van der Waals surface area contributed by atoms with Gasteiger partial charge in [-0.25, -0.2) is 19.2 Å². The van der Waals surface area contributed by atoms with Crippen LogP contribution in [-0.2, 0) is 19.2 Å². The molecule has 24 heavy (non-hydrogen) atoms. The van der Waals surface area contributed by atoms with E-state index in [-0.39, 0.29) is 0 Å². The second-order valence-corrected chi connectivity index (χ2v) is 3.90. The Morgan fingerprint density at radius 2 is 0.625 bits per heavy atom. The van der Waals surface area contributed by atoms with E-state index in [1.807, 2.05) is 0 Å². The van der Waals surface area contributed by atoms with Crippen LogP contribution in [-0.4, -0.2) is 44.3 Å².